The van der Waals surface area contributed by atoms with Crippen molar-refractivity contribution < 1.29 is 0 Å². The molecule has 17 heavy (non-hydrogen) atoms. The van der Waals surface area contributed by atoms with Gasteiger partial charge in [0.05, 0.1) is 3.79 Å². The lowest BCUT2D eigenvalue weighted by molar-refractivity contribution is 0.173. The molecule has 1 heterocycles. The van der Waals surface area contributed by atoms with Crippen molar-refractivity contribution in [3.8, 4) is 0 Å². The van der Waals surface area contributed by atoms with Crippen LogP contribution < -0.4 is 5.73 Å². The molecular formula is C14H22BrNS. The molecule has 1 aliphatic carbocycles. The van der Waals surface area contributed by atoms with Crippen LogP contribution in [0.1, 0.15) is 44.4 Å². The van der Waals surface area contributed by atoms with Gasteiger partial charge in [0, 0.05) is 10.9 Å². The van der Waals surface area contributed by atoms with Gasteiger partial charge in [-0.15, -0.1) is 11.3 Å². The molecule has 2 N–H and O–H groups in total. The molecule has 1 aromatic heterocycles. The maximum absolute atomic E-state index is 6.37. The molecule has 0 radical (unpaired) electrons. The van der Waals surface area contributed by atoms with Crippen molar-refractivity contribution in [3.05, 3.63) is 20.8 Å². The number of hydrogen-bond donors (Lipinski definition) is 1. The molecule has 1 nitrogen and oxygen atoms in total. The highest BCUT2D eigenvalue weighted by Crippen LogP contribution is 2.39. The first-order valence-corrected chi connectivity index (χ1v) is 8.07. The second-order valence-electron chi connectivity index (χ2n) is 6.08. The van der Waals surface area contributed by atoms with Gasteiger partial charge in [0.15, 0.2) is 0 Å². The fourth-order valence-electron chi connectivity index (χ4n) is 2.71. The fourth-order valence-corrected chi connectivity index (χ4v) is 4.26. The van der Waals surface area contributed by atoms with Crippen LogP contribution in [0.4, 0.5) is 0 Å². The summed E-state index contributed by atoms with van der Waals surface area (Å²) < 4.78 is 1.21. The normalized spacial score (nSPS) is 22.6. The van der Waals surface area contributed by atoms with Crippen LogP contribution in [0.15, 0.2) is 15.9 Å². The quantitative estimate of drug-likeness (QED) is 0.867. The maximum Gasteiger partial charge on any atom is 0.0701 e. The van der Waals surface area contributed by atoms with E-state index in [2.05, 4.69) is 41.9 Å². The summed E-state index contributed by atoms with van der Waals surface area (Å²) in [5.74, 6) is 0.726. The van der Waals surface area contributed by atoms with Crippen LogP contribution in [0.3, 0.4) is 0 Å². The van der Waals surface area contributed by atoms with E-state index >= 15 is 0 Å². The Hall–Kier alpha value is 0.140. The summed E-state index contributed by atoms with van der Waals surface area (Å²) in [5, 5.41) is 0. The van der Waals surface area contributed by atoms with Crippen molar-refractivity contribution in [2.45, 2.75) is 52.0 Å². The van der Waals surface area contributed by atoms with Crippen molar-refractivity contribution in [1.82, 2.24) is 0 Å². The van der Waals surface area contributed by atoms with Crippen LogP contribution in [0, 0.1) is 11.3 Å². The number of halogens is 1. The van der Waals surface area contributed by atoms with Crippen LogP contribution in [-0.4, -0.2) is 6.04 Å². The smallest absolute Gasteiger partial charge is 0.0701 e. The molecule has 1 aliphatic rings. The summed E-state index contributed by atoms with van der Waals surface area (Å²) in [4.78, 5) is 1.41. The molecule has 0 aliphatic heterocycles. The lowest BCUT2D eigenvalue weighted by Gasteiger charge is -2.36. The zero-order chi connectivity index (χ0) is 12.5. The van der Waals surface area contributed by atoms with Crippen LogP contribution in [0.5, 0.6) is 0 Å². The van der Waals surface area contributed by atoms with Gasteiger partial charge < -0.3 is 5.73 Å². The maximum atomic E-state index is 6.37. The van der Waals surface area contributed by atoms with E-state index in [1.807, 2.05) is 11.3 Å². The monoisotopic (exact) mass is 315 g/mol. The van der Waals surface area contributed by atoms with E-state index in [4.69, 9.17) is 5.73 Å². The Balaban J connectivity index is 1.87. The van der Waals surface area contributed by atoms with Gasteiger partial charge in [0.25, 0.3) is 0 Å². The van der Waals surface area contributed by atoms with Gasteiger partial charge in [-0.2, -0.15) is 0 Å². The van der Waals surface area contributed by atoms with Gasteiger partial charge in [-0.3, -0.25) is 0 Å². The van der Waals surface area contributed by atoms with E-state index in [1.54, 1.807) is 0 Å². The summed E-state index contributed by atoms with van der Waals surface area (Å²) in [5.41, 5.74) is 6.91. The van der Waals surface area contributed by atoms with E-state index in [-0.39, 0.29) is 0 Å². The van der Waals surface area contributed by atoms with Gasteiger partial charge in [0.1, 0.15) is 0 Å². The lowest BCUT2D eigenvalue weighted by Crippen LogP contribution is -2.36. The van der Waals surface area contributed by atoms with E-state index in [1.165, 1.54) is 34.3 Å². The number of thiophene rings is 1. The predicted molar refractivity (Wildman–Crippen MR) is 79.4 cm³/mol. The highest BCUT2D eigenvalue weighted by molar-refractivity contribution is 9.11. The summed E-state index contributed by atoms with van der Waals surface area (Å²) in [7, 11) is 0. The molecule has 0 aromatic carbocycles. The minimum absolute atomic E-state index is 0.344. The van der Waals surface area contributed by atoms with Gasteiger partial charge in [-0.1, -0.05) is 13.8 Å². The van der Waals surface area contributed by atoms with Crippen LogP contribution >= 0.6 is 27.3 Å². The second-order valence-corrected chi connectivity index (χ2v) is 8.62. The topological polar surface area (TPSA) is 26.0 Å². The molecule has 1 atom stereocenters. The fraction of sp³-hybridized carbons (Fsp3) is 0.714. The highest BCUT2D eigenvalue weighted by Gasteiger charge is 2.29. The molecule has 3 heteroatoms. The molecule has 96 valence electrons. The van der Waals surface area contributed by atoms with Gasteiger partial charge >= 0.3 is 0 Å². The van der Waals surface area contributed by atoms with Gasteiger partial charge in [0.2, 0.25) is 0 Å². The van der Waals surface area contributed by atoms with Crippen LogP contribution in [0.2, 0.25) is 0 Å². The first-order valence-electron chi connectivity index (χ1n) is 6.46. The van der Waals surface area contributed by atoms with Crippen molar-refractivity contribution in [2.24, 2.45) is 17.1 Å². The van der Waals surface area contributed by atoms with E-state index in [0.717, 1.165) is 12.3 Å². The van der Waals surface area contributed by atoms with E-state index in [0.29, 0.717) is 11.5 Å². The zero-order valence-electron chi connectivity index (χ0n) is 10.7. The predicted octanol–water partition coefficient (Wildman–Crippen LogP) is 4.60. The molecule has 0 bridgehead atoms. The third kappa shape index (κ3) is 3.80. The largest absolute Gasteiger partial charge is 0.327 e. The van der Waals surface area contributed by atoms with Crippen molar-refractivity contribution >= 4 is 27.3 Å². The van der Waals surface area contributed by atoms with E-state index < -0.39 is 0 Å². The molecule has 0 spiro atoms. The molecule has 1 aromatic rings. The molecule has 0 saturated heterocycles. The highest BCUT2D eigenvalue weighted by atomic mass is 79.9. The van der Waals surface area contributed by atoms with Crippen LogP contribution in [0.25, 0.3) is 0 Å². The SMILES string of the molecule is CC1(C)CCC(C(N)Cc2ccc(Br)s2)CC1. The van der Waals surface area contributed by atoms with Crippen molar-refractivity contribution in [2.75, 3.05) is 0 Å². The van der Waals surface area contributed by atoms with E-state index in [9.17, 15) is 0 Å². The first kappa shape index (κ1) is 13.6. The van der Waals surface area contributed by atoms with Gasteiger partial charge in [-0.05, 0) is 71.5 Å². The molecule has 1 unspecified atom stereocenters. The average Bonchev–Trinajstić information content (AvgIpc) is 2.63. The van der Waals surface area contributed by atoms with Crippen molar-refractivity contribution in [1.29, 1.82) is 0 Å². The van der Waals surface area contributed by atoms with Crippen molar-refractivity contribution in [3.63, 3.8) is 0 Å². The Labute approximate surface area is 117 Å². The Bertz CT molecular complexity index is 362. The number of nitrogens with two attached hydrogens (primary N) is 1. The first-order chi connectivity index (χ1) is 7.96. The third-order valence-corrected chi connectivity index (χ3v) is 5.70. The Morgan fingerprint density at radius 3 is 2.59 bits per heavy atom. The lowest BCUT2D eigenvalue weighted by atomic mass is 9.71. The molecule has 0 amide bonds. The summed E-state index contributed by atoms with van der Waals surface area (Å²) in [6, 6.07) is 4.66. The minimum atomic E-state index is 0.344. The van der Waals surface area contributed by atoms with Gasteiger partial charge in [-0.25, -0.2) is 0 Å². The average molecular weight is 316 g/mol. The zero-order valence-corrected chi connectivity index (χ0v) is 13.1. The number of hydrogen-bond acceptors (Lipinski definition) is 2. The molecule has 2 rings (SSSR count). The summed E-state index contributed by atoms with van der Waals surface area (Å²) >= 11 is 5.33. The third-order valence-electron chi connectivity index (χ3n) is 4.06. The van der Waals surface area contributed by atoms with Crippen LogP contribution in [-0.2, 0) is 6.42 Å². The summed E-state index contributed by atoms with van der Waals surface area (Å²) in [6.45, 7) is 4.76. The summed E-state index contributed by atoms with van der Waals surface area (Å²) in [6.07, 6.45) is 6.32. The standard InChI is InChI=1S/C14H22BrNS/c1-14(2)7-5-10(6-8-14)12(16)9-11-3-4-13(15)17-11/h3-4,10,12H,5-9,16H2,1-2H3. The minimum Gasteiger partial charge on any atom is -0.327 e. The second kappa shape index (κ2) is 5.41. The Kier molecular flexibility index (Phi) is 4.32. The Morgan fingerprint density at radius 1 is 1.41 bits per heavy atom. The molecular weight excluding hydrogens is 294 g/mol. The molecule has 1 fully saturated rings. The number of rotatable bonds is 3. The molecule has 1 saturated carbocycles. The Morgan fingerprint density at radius 2 is 2.06 bits per heavy atom.